The van der Waals surface area contributed by atoms with Crippen LogP contribution in [0.4, 0.5) is 5.69 Å². The first kappa shape index (κ1) is 15.5. The number of ether oxygens (including phenoxy) is 1. The normalized spacial score (nSPS) is 26.9. The van der Waals surface area contributed by atoms with Crippen molar-refractivity contribution in [1.82, 2.24) is 4.72 Å². The Hall–Kier alpha value is -0.860. The monoisotopic (exact) mass is 320 g/mol. The Morgan fingerprint density at radius 3 is 2.90 bits per heavy atom. The Balaban J connectivity index is 2.18. The molecule has 1 fully saturated rings. The van der Waals surface area contributed by atoms with Gasteiger partial charge in [0.15, 0.2) is 0 Å². The van der Waals surface area contributed by atoms with Crippen LogP contribution in [0.1, 0.15) is 13.3 Å². The summed E-state index contributed by atoms with van der Waals surface area (Å²) in [6, 6.07) is 4.21. The summed E-state index contributed by atoms with van der Waals surface area (Å²) in [4.78, 5) is -0.102. The predicted molar refractivity (Wildman–Crippen MR) is 76.0 cm³/mol. The third-order valence-electron chi connectivity index (χ3n) is 3.47. The molecule has 0 bridgehead atoms. The summed E-state index contributed by atoms with van der Waals surface area (Å²) < 4.78 is 32.0. The van der Waals surface area contributed by atoms with Crippen LogP contribution in [0, 0.1) is 0 Å². The highest BCUT2D eigenvalue weighted by molar-refractivity contribution is 7.89. The first-order chi connectivity index (χ1) is 9.24. The van der Waals surface area contributed by atoms with Crippen LogP contribution in [0.15, 0.2) is 23.1 Å². The Bertz CT molecular complexity index is 607. The van der Waals surface area contributed by atoms with Crippen molar-refractivity contribution in [1.29, 1.82) is 0 Å². The lowest BCUT2D eigenvalue weighted by atomic mass is 9.97. The molecule has 0 spiro atoms. The third-order valence-corrected chi connectivity index (χ3v) is 5.36. The quantitative estimate of drug-likeness (QED) is 0.710. The number of nitrogen functional groups attached to an aromatic ring is 1. The number of halogens is 1. The van der Waals surface area contributed by atoms with Crippen LogP contribution in [-0.4, -0.2) is 38.4 Å². The van der Waals surface area contributed by atoms with Gasteiger partial charge in [-0.3, -0.25) is 0 Å². The van der Waals surface area contributed by atoms with E-state index in [2.05, 4.69) is 4.72 Å². The molecule has 4 N–H and O–H groups in total. The molecule has 1 aromatic carbocycles. The van der Waals surface area contributed by atoms with Crippen molar-refractivity contribution in [3.8, 4) is 0 Å². The topological polar surface area (TPSA) is 102 Å². The maximum Gasteiger partial charge on any atom is 0.242 e. The van der Waals surface area contributed by atoms with E-state index >= 15 is 0 Å². The number of nitrogens with two attached hydrogens (primary N) is 1. The van der Waals surface area contributed by atoms with Gasteiger partial charge in [0.25, 0.3) is 0 Å². The van der Waals surface area contributed by atoms with Crippen LogP contribution < -0.4 is 10.5 Å². The summed E-state index contributed by atoms with van der Waals surface area (Å²) in [7, 11) is -3.84. The average Bonchev–Trinajstić information content (AvgIpc) is 2.71. The smallest absolute Gasteiger partial charge is 0.242 e. The number of benzene rings is 1. The molecule has 0 saturated carbocycles. The van der Waals surface area contributed by atoms with Crippen LogP contribution in [0.5, 0.6) is 0 Å². The lowest BCUT2D eigenvalue weighted by Gasteiger charge is -2.26. The largest absolute Gasteiger partial charge is 0.399 e. The molecule has 2 rings (SSSR count). The van der Waals surface area contributed by atoms with Gasteiger partial charge in [-0.25, -0.2) is 13.1 Å². The zero-order valence-electron chi connectivity index (χ0n) is 11.0. The van der Waals surface area contributed by atoms with Gasteiger partial charge in [-0.2, -0.15) is 0 Å². The van der Waals surface area contributed by atoms with Crippen molar-refractivity contribution in [3.63, 3.8) is 0 Å². The molecule has 8 heteroatoms. The second-order valence-corrected chi connectivity index (χ2v) is 7.02. The third kappa shape index (κ3) is 3.07. The van der Waals surface area contributed by atoms with E-state index in [0.717, 1.165) is 0 Å². The summed E-state index contributed by atoms with van der Waals surface area (Å²) in [6.07, 6.45) is -0.0528. The molecule has 0 aliphatic carbocycles. The lowest BCUT2D eigenvalue weighted by Crippen LogP contribution is -2.47. The molecule has 0 radical (unpaired) electrons. The van der Waals surface area contributed by atoms with Gasteiger partial charge in [-0.15, -0.1) is 0 Å². The average molecular weight is 321 g/mol. The molecule has 2 unspecified atom stereocenters. The zero-order valence-corrected chi connectivity index (χ0v) is 12.5. The number of hydrogen-bond donors (Lipinski definition) is 3. The SMILES string of the molecule is CC1OCCC1(O)CNS(=O)(=O)c1cc(N)ccc1Cl. The summed E-state index contributed by atoms with van der Waals surface area (Å²) in [5, 5.41) is 10.4. The van der Waals surface area contributed by atoms with Crippen molar-refractivity contribution >= 4 is 27.3 Å². The fourth-order valence-corrected chi connectivity index (χ4v) is 3.66. The van der Waals surface area contributed by atoms with Gasteiger partial charge in [0.1, 0.15) is 10.5 Å². The predicted octanol–water partition coefficient (Wildman–Crippen LogP) is 0.740. The number of rotatable bonds is 4. The number of anilines is 1. The van der Waals surface area contributed by atoms with E-state index in [1.807, 2.05) is 0 Å². The second-order valence-electron chi connectivity index (χ2n) is 4.88. The maximum absolute atomic E-state index is 12.2. The van der Waals surface area contributed by atoms with Crippen molar-refractivity contribution < 1.29 is 18.3 Å². The van der Waals surface area contributed by atoms with Crippen LogP contribution in [0.25, 0.3) is 0 Å². The molecular weight excluding hydrogens is 304 g/mol. The summed E-state index contributed by atoms with van der Waals surface area (Å²) in [5.41, 5.74) is 4.66. The highest BCUT2D eigenvalue weighted by atomic mass is 35.5. The van der Waals surface area contributed by atoms with Crippen LogP contribution in [0.2, 0.25) is 5.02 Å². The van der Waals surface area contributed by atoms with E-state index in [1.165, 1.54) is 18.2 Å². The fraction of sp³-hybridized carbons (Fsp3) is 0.500. The molecule has 112 valence electrons. The minimum atomic E-state index is -3.84. The Morgan fingerprint density at radius 2 is 2.30 bits per heavy atom. The Morgan fingerprint density at radius 1 is 1.60 bits per heavy atom. The molecule has 1 aromatic rings. The number of aliphatic hydroxyl groups is 1. The van der Waals surface area contributed by atoms with Crippen molar-refractivity contribution in [2.75, 3.05) is 18.9 Å². The van der Waals surface area contributed by atoms with Crippen LogP contribution in [-0.2, 0) is 14.8 Å². The molecular formula is C12H17ClN2O4S. The standard InChI is InChI=1S/C12H17ClN2O4S/c1-8-12(16,4-5-19-8)7-15-20(17,18)11-6-9(14)2-3-10(11)13/h2-3,6,8,15-16H,4-5,7,14H2,1H3. The van der Waals surface area contributed by atoms with Gasteiger partial charge >= 0.3 is 0 Å². The van der Waals surface area contributed by atoms with Gasteiger partial charge in [0.2, 0.25) is 10.0 Å². The lowest BCUT2D eigenvalue weighted by molar-refractivity contribution is -0.0228. The molecule has 0 aromatic heterocycles. The highest BCUT2D eigenvalue weighted by Gasteiger charge is 2.40. The van der Waals surface area contributed by atoms with Crippen LogP contribution >= 0.6 is 11.6 Å². The van der Waals surface area contributed by atoms with Gasteiger partial charge in [0.05, 0.1) is 11.1 Å². The molecule has 1 heterocycles. The van der Waals surface area contributed by atoms with Crippen LogP contribution in [0.3, 0.4) is 0 Å². The van der Waals surface area contributed by atoms with Crippen molar-refractivity contribution in [2.24, 2.45) is 0 Å². The van der Waals surface area contributed by atoms with E-state index in [9.17, 15) is 13.5 Å². The first-order valence-electron chi connectivity index (χ1n) is 6.13. The Labute approximate surface area is 122 Å². The first-order valence-corrected chi connectivity index (χ1v) is 7.99. The highest BCUT2D eigenvalue weighted by Crippen LogP contribution is 2.27. The molecule has 0 amide bonds. The summed E-state index contributed by atoms with van der Waals surface area (Å²) in [6.45, 7) is 1.97. The minimum absolute atomic E-state index is 0.0782. The zero-order chi connectivity index (χ0) is 15.0. The van der Waals surface area contributed by atoms with E-state index in [-0.39, 0.29) is 16.5 Å². The van der Waals surface area contributed by atoms with Gasteiger partial charge in [-0.1, -0.05) is 11.6 Å². The summed E-state index contributed by atoms with van der Waals surface area (Å²) >= 11 is 5.88. The number of hydrogen-bond acceptors (Lipinski definition) is 5. The molecule has 1 saturated heterocycles. The van der Waals surface area contributed by atoms with Crippen molar-refractivity contribution in [3.05, 3.63) is 23.2 Å². The second kappa shape index (κ2) is 5.50. The number of nitrogens with one attached hydrogen (secondary N) is 1. The molecule has 20 heavy (non-hydrogen) atoms. The molecule has 6 nitrogen and oxygen atoms in total. The minimum Gasteiger partial charge on any atom is -0.399 e. The van der Waals surface area contributed by atoms with E-state index < -0.39 is 21.7 Å². The summed E-state index contributed by atoms with van der Waals surface area (Å²) in [5.74, 6) is 0. The molecule has 1 aliphatic rings. The fourth-order valence-electron chi connectivity index (χ4n) is 2.03. The van der Waals surface area contributed by atoms with E-state index in [0.29, 0.717) is 18.7 Å². The van der Waals surface area contributed by atoms with Crippen molar-refractivity contribution in [2.45, 2.75) is 29.9 Å². The Kier molecular flexibility index (Phi) is 4.27. The maximum atomic E-state index is 12.2. The van der Waals surface area contributed by atoms with E-state index in [1.54, 1.807) is 6.92 Å². The molecule has 1 aliphatic heterocycles. The van der Waals surface area contributed by atoms with Gasteiger partial charge in [-0.05, 0) is 25.1 Å². The van der Waals surface area contributed by atoms with Gasteiger partial charge < -0.3 is 15.6 Å². The van der Waals surface area contributed by atoms with E-state index in [4.69, 9.17) is 22.1 Å². The molecule has 2 atom stereocenters. The number of sulfonamides is 1. The van der Waals surface area contributed by atoms with Gasteiger partial charge in [0, 0.05) is 25.3 Å².